The number of alkyl halides is 1. The summed E-state index contributed by atoms with van der Waals surface area (Å²) in [6.45, 7) is 0.710. The molecule has 1 aromatic carbocycles. The van der Waals surface area contributed by atoms with E-state index in [1.54, 1.807) is 0 Å². The van der Waals surface area contributed by atoms with Crippen LogP contribution in [0.1, 0.15) is 39.2 Å². The first-order chi connectivity index (χ1) is 9.96. The van der Waals surface area contributed by atoms with E-state index in [-0.39, 0.29) is 28.2 Å². The van der Waals surface area contributed by atoms with Crippen LogP contribution in [-0.2, 0) is 16.3 Å². The lowest BCUT2D eigenvalue weighted by Crippen LogP contribution is -2.23. The summed E-state index contributed by atoms with van der Waals surface area (Å²) < 4.78 is 23.2. The second-order valence-corrected chi connectivity index (χ2v) is 9.06. The Morgan fingerprint density at radius 2 is 2.14 bits per heavy atom. The van der Waals surface area contributed by atoms with Gasteiger partial charge >= 0.3 is 0 Å². The van der Waals surface area contributed by atoms with Crippen LogP contribution in [0.3, 0.4) is 0 Å². The number of hydrogen-bond donors (Lipinski definition) is 1. The van der Waals surface area contributed by atoms with Gasteiger partial charge in [0.05, 0.1) is 11.5 Å². The highest BCUT2D eigenvalue weighted by atomic mass is 79.9. The Kier molecular flexibility index (Phi) is 4.10. The van der Waals surface area contributed by atoms with E-state index in [4.69, 9.17) is 0 Å². The Morgan fingerprint density at radius 3 is 2.86 bits per heavy atom. The maximum atomic E-state index is 12.1. The molecule has 0 radical (unpaired) electrons. The molecule has 3 rings (SSSR count). The highest BCUT2D eigenvalue weighted by Gasteiger charge is 2.33. The maximum Gasteiger partial charge on any atom is 0.251 e. The van der Waals surface area contributed by atoms with Gasteiger partial charge in [-0.05, 0) is 42.4 Å². The van der Waals surface area contributed by atoms with Gasteiger partial charge in [-0.3, -0.25) is 4.79 Å². The SMILES string of the molecule is O=C1NCCCc2ccc(C(Br)C3CCS(=O)(=O)C3)cc21. The number of hydrogen-bond acceptors (Lipinski definition) is 3. The highest BCUT2D eigenvalue weighted by molar-refractivity contribution is 9.09. The number of halogens is 1. The molecule has 1 fully saturated rings. The van der Waals surface area contributed by atoms with Gasteiger partial charge in [-0.2, -0.15) is 0 Å². The first-order valence-corrected chi connectivity index (χ1v) is 9.95. The summed E-state index contributed by atoms with van der Waals surface area (Å²) >= 11 is 3.64. The number of aryl methyl sites for hydroxylation is 1. The number of fused-ring (bicyclic) bond motifs is 1. The summed E-state index contributed by atoms with van der Waals surface area (Å²) in [6, 6.07) is 5.94. The minimum atomic E-state index is -2.89. The van der Waals surface area contributed by atoms with E-state index in [2.05, 4.69) is 21.2 Å². The Morgan fingerprint density at radius 1 is 1.33 bits per heavy atom. The number of carbonyl (C=O) groups is 1. The Balaban J connectivity index is 1.88. The maximum absolute atomic E-state index is 12.1. The van der Waals surface area contributed by atoms with Crippen molar-refractivity contribution in [2.75, 3.05) is 18.1 Å². The Hall–Kier alpha value is -0.880. The number of rotatable bonds is 2. The van der Waals surface area contributed by atoms with Gasteiger partial charge in [0.15, 0.2) is 9.84 Å². The molecule has 1 N–H and O–H groups in total. The van der Waals surface area contributed by atoms with Crippen LogP contribution in [0.5, 0.6) is 0 Å². The molecule has 2 unspecified atom stereocenters. The molecule has 2 atom stereocenters. The number of carbonyl (C=O) groups excluding carboxylic acids is 1. The third kappa shape index (κ3) is 3.16. The molecule has 0 bridgehead atoms. The molecule has 6 heteroatoms. The van der Waals surface area contributed by atoms with Gasteiger partial charge in [0, 0.05) is 16.9 Å². The second kappa shape index (κ2) is 5.72. The fourth-order valence-corrected chi connectivity index (χ4v) is 5.92. The third-order valence-corrected chi connectivity index (χ3v) is 7.36. The highest BCUT2D eigenvalue weighted by Crippen LogP contribution is 2.38. The van der Waals surface area contributed by atoms with Crippen LogP contribution < -0.4 is 5.32 Å². The molecule has 4 nitrogen and oxygen atoms in total. The molecule has 0 aliphatic carbocycles. The number of benzene rings is 1. The fourth-order valence-electron chi connectivity index (χ4n) is 3.10. The van der Waals surface area contributed by atoms with Crippen LogP contribution >= 0.6 is 15.9 Å². The minimum absolute atomic E-state index is 0.0175. The van der Waals surface area contributed by atoms with Crippen molar-refractivity contribution >= 4 is 31.7 Å². The Labute approximate surface area is 133 Å². The summed E-state index contributed by atoms with van der Waals surface area (Å²) in [5, 5.41) is 2.90. The Bertz CT molecular complexity index is 671. The van der Waals surface area contributed by atoms with Crippen LogP contribution in [0.4, 0.5) is 0 Å². The molecule has 2 aliphatic heterocycles. The van der Waals surface area contributed by atoms with E-state index in [0.29, 0.717) is 13.0 Å². The molecular formula is C15H18BrNO3S. The van der Waals surface area contributed by atoms with E-state index in [0.717, 1.165) is 29.5 Å². The van der Waals surface area contributed by atoms with Crippen molar-refractivity contribution in [3.63, 3.8) is 0 Å². The molecule has 0 saturated carbocycles. The van der Waals surface area contributed by atoms with Crippen molar-refractivity contribution in [3.05, 3.63) is 34.9 Å². The first-order valence-electron chi connectivity index (χ1n) is 7.22. The molecule has 1 aromatic rings. The lowest BCUT2D eigenvalue weighted by atomic mass is 9.94. The summed E-state index contributed by atoms with van der Waals surface area (Å²) in [5.41, 5.74) is 2.80. The second-order valence-electron chi connectivity index (χ2n) is 5.84. The van der Waals surface area contributed by atoms with Crippen molar-refractivity contribution in [3.8, 4) is 0 Å². The van der Waals surface area contributed by atoms with E-state index in [1.165, 1.54) is 0 Å². The monoisotopic (exact) mass is 371 g/mol. The molecule has 2 heterocycles. The van der Waals surface area contributed by atoms with E-state index in [9.17, 15) is 13.2 Å². The average Bonchev–Trinajstić information content (AvgIpc) is 2.72. The zero-order valence-corrected chi connectivity index (χ0v) is 14.0. The van der Waals surface area contributed by atoms with Gasteiger partial charge in [0.1, 0.15) is 0 Å². The zero-order valence-electron chi connectivity index (χ0n) is 11.6. The fraction of sp³-hybridized carbons (Fsp3) is 0.533. The van der Waals surface area contributed by atoms with Gasteiger partial charge in [0.25, 0.3) is 5.91 Å². The number of nitrogens with one attached hydrogen (secondary N) is 1. The molecule has 2 aliphatic rings. The minimum Gasteiger partial charge on any atom is -0.352 e. The molecule has 21 heavy (non-hydrogen) atoms. The van der Waals surface area contributed by atoms with Crippen LogP contribution in [0.2, 0.25) is 0 Å². The van der Waals surface area contributed by atoms with Crippen molar-refractivity contribution < 1.29 is 13.2 Å². The number of sulfone groups is 1. The van der Waals surface area contributed by atoms with Crippen molar-refractivity contribution in [1.29, 1.82) is 0 Å². The van der Waals surface area contributed by atoms with Crippen LogP contribution in [0.15, 0.2) is 18.2 Å². The standard InChI is InChI=1S/C15H18BrNO3S/c16-14(12-5-7-21(19,20)9-12)11-4-3-10-2-1-6-17-15(18)13(10)8-11/h3-4,8,12,14H,1-2,5-7,9H2,(H,17,18). The molecule has 0 spiro atoms. The van der Waals surface area contributed by atoms with Crippen molar-refractivity contribution in [2.45, 2.75) is 24.1 Å². The lowest BCUT2D eigenvalue weighted by Gasteiger charge is -2.18. The number of amides is 1. The normalized spacial score (nSPS) is 25.8. The van der Waals surface area contributed by atoms with Crippen LogP contribution in [-0.4, -0.2) is 32.4 Å². The molecule has 1 amide bonds. The lowest BCUT2D eigenvalue weighted by molar-refractivity contribution is 0.0956. The van der Waals surface area contributed by atoms with Gasteiger partial charge in [-0.1, -0.05) is 28.1 Å². The predicted molar refractivity (Wildman–Crippen MR) is 85.5 cm³/mol. The van der Waals surface area contributed by atoms with E-state index in [1.807, 2.05) is 18.2 Å². The van der Waals surface area contributed by atoms with E-state index < -0.39 is 9.84 Å². The first kappa shape index (κ1) is 15.0. The van der Waals surface area contributed by atoms with Gasteiger partial charge in [0.2, 0.25) is 0 Å². The van der Waals surface area contributed by atoms with Crippen molar-refractivity contribution in [2.24, 2.45) is 5.92 Å². The molecule has 114 valence electrons. The van der Waals surface area contributed by atoms with E-state index >= 15 is 0 Å². The molecule has 1 saturated heterocycles. The van der Waals surface area contributed by atoms with Crippen LogP contribution in [0.25, 0.3) is 0 Å². The summed E-state index contributed by atoms with van der Waals surface area (Å²) in [7, 11) is -2.89. The molecular weight excluding hydrogens is 354 g/mol. The van der Waals surface area contributed by atoms with Gasteiger partial charge in [-0.15, -0.1) is 0 Å². The predicted octanol–water partition coefficient (Wildman–Crippen LogP) is 2.23. The van der Waals surface area contributed by atoms with Gasteiger partial charge in [-0.25, -0.2) is 8.42 Å². The summed E-state index contributed by atoms with van der Waals surface area (Å²) in [5.74, 6) is 0.558. The summed E-state index contributed by atoms with van der Waals surface area (Å²) in [6.07, 6.45) is 2.54. The molecule has 0 aromatic heterocycles. The van der Waals surface area contributed by atoms with Gasteiger partial charge < -0.3 is 5.32 Å². The topological polar surface area (TPSA) is 63.2 Å². The van der Waals surface area contributed by atoms with Crippen LogP contribution in [0, 0.1) is 5.92 Å². The third-order valence-electron chi connectivity index (χ3n) is 4.29. The zero-order chi connectivity index (χ0) is 15.0. The smallest absolute Gasteiger partial charge is 0.251 e. The summed E-state index contributed by atoms with van der Waals surface area (Å²) in [4.78, 5) is 12.1. The average molecular weight is 372 g/mol. The van der Waals surface area contributed by atoms with Crippen molar-refractivity contribution in [1.82, 2.24) is 5.32 Å². The largest absolute Gasteiger partial charge is 0.352 e. The quantitative estimate of drug-likeness (QED) is 0.810.